The second-order valence-electron chi connectivity index (χ2n) is 7.20. The molecule has 8 heteroatoms. The largest absolute Gasteiger partial charge is 0.444 e. The molecule has 1 aliphatic heterocycles. The molecule has 1 aliphatic rings. The van der Waals surface area contributed by atoms with Gasteiger partial charge in [-0.1, -0.05) is 0 Å². The number of amides is 1. The summed E-state index contributed by atoms with van der Waals surface area (Å²) in [5.74, 6) is 0. The zero-order chi connectivity index (χ0) is 18.8. The molecule has 0 bridgehead atoms. The molecule has 0 aliphatic carbocycles. The second-order valence-corrected chi connectivity index (χ2v) is 7.20. The summed E-state index contributed by atoms with van der Waals surface area (Å²) < 4.78 is 5.43. The number of hydrogen-bond acceptors (Lipinski definition) is 6. The summed E-state index contributed by atoms with van der Waals surface area (Å²) in [5.41, 5.74) is 0.667. The summed E-state index contributed by atoms with van der Waals surface area (Å²) >= 11 is 0. The zero-order valence-corrected chi connectivity index (χ0v) is 15.1. The van der Waals surface area contributed by atoms with E-state index >= 15 is 0 Å². The van der Waals surface area contributed by atoms with Crippen LogP contribution in [-0.4, -0.2) is 52.3 Å². The highest BCUT2D eigenvalue weighted by molar-refractivity contribution is 5.69. The number of nitro benzene ring substituents is 1. The minimum Gasteiger partial charge on any atom is -0.444 e. The molecule has 1 fully saturated rings. The van der Waals surface area contributed by atoms with Crippen molar-refractivity contribution in [3.8, 4) is 0 Å². The van der Waals surface area contributed by atoms with E-state index in [0.717, 1.165) is 5.69 Å². The number of hydrogen-bond donors (Lipinski definition) is 1. The minimum absolute atomic E-state index is 0.0479. The summed E-state index contributed by atoms with van der Waals surface area (Å²) in [4.78, 5) is 26.4. The fourth-order valence-electron chi connectivity index (χ4n) is 2.89. The molecular formula is C17H25N3O5. The van der Waals surface area contributed by atoms with E-state index in [1.54, 1.807) is 11.0 Å². The summed E-state index contributed by atoms with van der Waals surface area (Å²) in [5, 5.41) is 20.4. The van der Waals surface area contributed by atoms with Gasteiger partial charge in [0.25, 0.3) is 5.69 Å². The lowest BCUT2D eigenvalue weighted by Gasteiger charge is -2.41. The molecule has 1 aromatic carbocycles. The Kier molecular flexibility index (Phi) is 5.52. The van der Waals surface area contributed by atoms with Crippen LogP contribution in [0.5, 0.6) is 0 Å². The van der Waals surface area contributed by atoms with E-state index < -0.39 is 10.5 Å². The van der Waals surface area contributed by atoms with Crippen LogP contribution in [0.1, 0.15) is 33.3 Å². The van der Waals surface area contributed by atoms with Crippen LogP contribution in [0.2, 0.25) is 0 Å². The first-order valence-corrected chi connectivity index (χ1v) is 8.25. The first kappa shape index (κ1) is 19.0. The minimum atomic E-state index is -0.545. The molecule has 1 N–H and O–H groups in total. The number of anilines is 1. The predicted octanol–water partition coefficient (Wildman–Crippen LogP) is 2.53. The number of nitrogens with zero attached hydrogens (tertiary/aromatic N) is 3. The van der Waals surface area contributed by atoms with Gasteiger partial charge in [-0.2, -0.15) is 0 Å². The van der Waals surface area contributed by atoms with Crippen LogP contribution in [-0.2, 0) is 11.3 Å². The van der Waals surface area contributed by atoms with E-state index in [4.69, 9.17) is 4.74 Å². The van der Waals surface area contributed by atoms with Crippen molar-refractivity contribution < 1.29 is 19.6 Å². The Balaban J connectivity index is 2.13. The van der Waals surface area contributed by atoms with E-state index in [1.165, 1.54) is 12.1 Å². The fourth-order valence-corrected chi connectivity index (χ4v) is 2.89. The first-order valence-electron chi connectivity index (χ1n) is 8.25. The van der Waals surface area contributed by atoms with Crippen molar-refractivity contribution in [2.45, 2.75) is 45.9 Å². The summed E-state index contributed by atoms with van der Waals surface area (Å²) in [6.07, 6.45) is -0.342. The van der Waals surface area contributed by atoms with Crippen molar-refractivity contribution in [2.24, 2.45) is 0 Å². The number of rotatable bonds is 3. The number of carbonyl (C=O) groups excluding carboxylic acids is 1. The van der Waals surface area contributed by atoms with Gasteiger partial charge in [0.1, 0.15) is 5.60 Å². The number of aliphatic hydroxyl groups is 1. The Morgan fingerprint density at radius 2 is 2.08 bits per heavy atom. The molecule has 0 spiro atoms. The van der Waals surface area contributed by atoms with Crippen LogP contribution in [0.25, 0.3) is 0 Å². The Hall–Kier alpha value is -2.35. The quantitative estimate of drug-likeness (QED) is 0.664. The van der Waals surface area contributed by atoms with E-state index in [0.29, 0.717) is 25.2 Å². The lowest BCUT2D eigenvalue weighted by Crippen LogP contribution is -2.55. The summed E-state index contributed by atoms with van der Waals surface area (Å²) in [6.45, 7) is 8.75. The normalized spacial score (nSPS) is 18.2. The average molecular weight is 351 g/mol. The molecule has 0 unspecified atom stereocenters. The van der Waals surface area contributed by atoms with E-state index in [1.807, 2.05) is 32.6 Å². The van der Waals surface area contributed by atoms with Gasteiger partial charge in [0.05, 0.1) is 11.5 Å². The standard InChI is InChI=1S/C17H25N3O5/c1-12-10-18(7-8-19(12)16(22)25-17(2,3)4)15-6-5-14(20(23)24)9-13(15)11-21/h5-6,9,12,21H,7-8,10-11H2,1-4H3/t12-/m1/s1. The van der Waals surface area contributed by atoms with Crippen molar-refractivity contribution in [2.75, 3.05) is 24.5 Å². The second kappa shape index (κ2) is 7.26. The van der Waals surface area contributed by atoms with Gasteiger partial charge >= 0.3 is 6.09 Å². The third-order valence-corrected chi connectivity index (χ3v) is 4.04. The molecule has 0 saturated carbocycles. The Morgan fingerprint density at radius 1 is 1.40 bits per heavy atom. The van der Waals surface area contributed by atoms with Crippen molar-refractivity contribution >= 4 is 17.5 Å². The Morgan fingerprint density at radius 3 is 2.60 bits per heavy atom. The molecule has 1 amide bonds. The van der Waals surface area contributed by atoms with Gasteiger partial charge in [-0.25, -0.2) is 4.79 Å². The molecule has 1 saturated heterocycles. The monoisotopic (exact) mass is 351 g/mol. The molecule has 0 aromatic heterocycles. The van der Waals surface area contributed by atoms with Crippen LogP contribution >= 0.6 is 0 Å². The molecule has 8 nitrogen and oxygen atoms in total. The third kappa shape index (κ3) is 4.60. The molecule has 1 aromatic rings. The predicted molar refractivity (Wildman–Crippen MR) is 93.6 cm³/mol. The average Bonchev–Trinajstić information content (AvgIpc) is 2.52. The van der Waals surface area contributed by atoms with Crippen LogP contribution in [0.3, 0.4) is 0 Å². The molecule has 0 radical (unpaired) electrons. The molecule has 138 valence electrons. The zero-order valence-electron chi connectivity index (χ0n) is 15.1. The van der Waals surface area contributed by atoms with Crippen molar-refractivity contribution in [1.29, 1.82) is 0 Å². The molecule has 1 heterocycles. The number of carbonyl (C=O) groups is 1. The number of ether oxygens (including phenoxy) is 1. The molecule has 25 heavy (non-hydrogen) atoms. The van der Waals surface area contributed by atoms with Crippen LogP contribution < -0.4 is 4.90 Å². The number of non-ortho nitro benzene ring substituents is 1. The van der Waals surface area contributed by atoms with Crippen LogP contribution in [0, 0.1) is 10.1 Å². The smallest absolute Gasteiger partial charge is 0.410 e. The Labute approximate surface area is 147 Å². The molecule has 1 atom stereocenters. The van der Waals surface area contributed by atoms with E-state index in [-0.39, 0.29) is 24.4 Å². The van der Waals surface area contributed by atoms with Gasteiger partial charge in [0.2, 0.25) is 0 Å². The van der Waals surface area contributed by atoms with Crippen molar-refractivity contribution in [1.82, 2.24) is 4.90 Å². The van der Waals surface area contributed by atoms with Gasteiger partial charge in [-0.15, -0.1) is 0 Å². The maximum Gasteiger partial charge on any atom is 0.410 e. The SMILES string of the molecule is C[C@@H]1CN(c2ccc([N+](=O)[O-])cc2CO)CCN1C(=O)OC(C)(C)C. The van der Waals surface area contributed by atoms with Crippen molar-refractivity contribution in [3.63, 3.8) is 0 Å². The summed E-state index contributed by atoms with van der Waals surface area (Å²) in [7, 11) is 0. The van der Waals surface area contributed by atoms with Gasteiger partial charge in [-0.3, -0.25) is 10.1 Å². The maximum absolute atomic E-state index is 12.3. The van der Waals surface area contributed by atoms with E-state index in [9.17, 15) is 20.0 Å². The number of aliphatic hydroxyl groups excluding tert-OH is 1. The van der Waals surface area contributed by atoms with Gasteiger partial charge < -0.3 is 19.6 Å². The molecular weight excluding hydrogens is 326 g/mol. The van der Waals surface area contributed by atoms with Crippen LogP contribution in [0.15, 0.2) is 18.2 Å². The fraction of sp³-hybridized carbons (Fsp3) is 0.588. The number of piperazine rings is 1. The lowest BCUT2D eigenvalue weighted by atomic mass is 10.1. The van der Waals surface area contributed by atoms with Gasteiger partial charge in [0.15, 0.2) is 0 Å². The highest BCUT2D eigenvalue weighted by Gasteiger charge is 2.31. The van der Waals surface area contributed by atoms with Crippen molar-refractivity contribution in [3.05, 3.63) is 33.9 Å². The third-order valence-electron chi connectivity index (χ3n) is 4.04. The van der Waals surface area contributed by atoms with E-state index in [2.05, 4.69) is 0 Å². The Bertz CT molecular complexity index is 656. The topological polar surface area (TPSA) is 96.1 Å². The number of benzene rings is 1. The van der Waals surface area contributed by atoms with Gasteiger partial charge in [-0.05, 0) is 33.8 Å². The summed E-state index contributed by atoms with van der Waals surface area (Å²) in [6, 6.07) is 4.39. The molecule has 2 rings (SSSR count). The van der Waals surface area contributed by atoms with Crippen LogP contribution in [0.4, 0.5) is 16.2 Å². The highest BCUT2D eigenvalue weighted by Crippen LogP contribution is 2.28. The first-order chi connectivity index (χ1) is 11.6. The lowest BCUT2D eigenvalue weighted by molar-refractivity contribution is -0.384. The maximum atomic E-state index is 12.3. The highest BCUT2D eigenvalue weighted by atomic mass is 16.6. The number of nitro groups is 1. The van der Waals surface area contributed by atoms with Gasteiger partial charge in [0, 0.05) is 49.1 Å².